The molecule has 2 saturated heterocycles. The topological polar surface area (TPSA) is 77.3 Å². The van der Waals surface area contributed by atoms with Crippen molar-refractivity contribution in [3.63, 3.8) is 0 Å². The molecule has 0 N–H and O–H groups in total. The first-order valence-electron chi connectivity index (χ1n) is 9.53. The molecule has 136 valence electrons. The summed E-state index contributed by atoms with van der Waals surface area (Å²) in [6, 6.07) is 6.06. The Morgan fingerprint density at radius 2 is 1.81 bits per heavy atom. The molecule has 1 aromatic rings. The molecule has 0 unspecified atom stereocenters. The maximum atomic E-state index is 13.1. The van der Waals surface area contributed by atoms with Crippen molar-refractivity contribution in [2.45, 2.75) is 44.9 Å². The van der Waals surface area contributed by atoms with Crippen LogP contribution in [-0.2, 0) is 9.59 Å². The van der Waals surface area contributed by atoms with Gasteiger partial charge < -0.3 is 9.80 Å². The Morgan fingerprint density at radius 3 is 2.42 bits per heavy atom. The average molecular weight is 352 g/mol. The Bertz CT molecular complexity index is 741. The predicted molar refractivity (Wildman–Crippen MR) is 96.0 cm³/mol. The van der Waals surface area contributed by atoms with Gasteiger partial charge in [-0.25, -0.2) is 0 Å². The highest BCUT2D eigenvalue weighted by Gasteiger charge is 2.51. The smallest absolute Gasteiger partial charge is 0.243 e. The third kappa shape index (κ3) is 2.57. The highest BCUT2D eigenvalue weighted by Crippen LogP contribution is 2.45. The van der Waals surface area contributed by atoms with Crippen molar-refractivity contribution >= 4 is 17.5 Å². The number of carbonyl (C=O) groups excluding carboxylic acids is 2. The van der Waals surface area contributed by atoms with E-state index in [2.05, 4.69) is 11.1 Å². The van der Waals surface area contributed by atoms with Gasteiger partial charge in [0.1, 0.15) is 5.41 Å². The van der Waals surface area contributed by atoms with Crippen LogP contribution >= 0.6 is 0 Å². The largest absolute Gasteiger partial charge is 0.341 e. The van der Waals surface area contributed by atoms with E-state index in [1.54, 1.807) is 12.4 Å². The van der Waals surface area contributed by atoms with E-state index in [4.69, 9.17) is 0 Å². The Labute approximate surface area is 153 Å². The zero-order chi connectivity index (χ0) is 18.2. The molecule has 3 aliphatic rings. The summed E-state index contributed by atoms with van der Waals surface area (Å²) >= 11 is 0. The van der Waals surface area contributed by atoms with Crippen molar-refractivity contribution in [3.05, 3.63) is 24.5 Å². The standard InChI is InChI=1S/C20H24N4O2/c21-15-20(5-1-2-6-20)17(25)23-11-7-19(8-12-23)9-13-24(18(19)26)16-4-3-10-22-14-16/h3-4,10,14H,1-2,5-9,11-13H2. The molecule has 26 heavy (non-hydrogen) atoms. The van der Waals surface area contributed by atoms with Gasteiger partial charge in [-0.2, -0.15) is 5.26 Å². The van der Waals surface area contributed by atoms with Crippen molar-refractivity contribution in [2.24, 2.45) is 10.8 Å². The van der Waals surface area contributed by atoms with Crippen LogP contribution in [0.3, 0.4) is 0 Å². The van der Waals surface area contributed by atoms with Crippen LogP contribution in [0.15, 0.2) is 24.5 Å². The van der Waals surface area contributed by atoms with Crippen LogP contribution in [0, 0.1) is 22.2 Å². The van der Waals surface area contributed by atoms with Crippen LogP contribution in [0.25, 0.3) is 0 Å². The first-order valence-corrected chi connectivity index (χ1v) is 9.53. The maximum Gasteiger partial charge on any atom is 0.243 e. The molecule has 1 aromatic heterocycles. The number of hydrogen-bond acceptors (Lipinski definition) is 4. The number of pyridine rings is 1. The molecule has 0 radical (unpaired) electrons. The number of carbonyl (C=O) groups is 2. The summed E-state index contributed by atoms with van der Waals surface area (Å²) in [6.45, 7) is 1.87. The van der Waals surface area contributed by atoms with Gasteiger partial charge in [-0.15, -0.1) is 0 Å². The second kappa shape index (κ2) is 6.39. The molecule has 3 heterocycles. The Hall–Kier alpha value is -2.42. The van der Waals surface area contributed by atoms with Gasteiger partial charge in [0.15, 0.2) is 0 Å². The van der Waals surface area contributed by atoms with Crippen molar-refractivity contribution in [1.82, 2.24) is 9.88 Å². The minimum absolute atomic E-state index is 0.0121. The lowest BCUT2D eigenvalue weighted by Gasteiger charge is -2.40. The van der Waals surface area contributed by atoms with Gasteiger partial charge in [0.25, 0.3) is 0 Å². The summed E-state index contributed by atoms with van der Waals surface area (Å²) < 4.78 is 0. The monoisotopic (exact) mass is 352 g/mol. The second-order valence-electron chi connectivity index (χ2n) is 7.89. The van der Waals surface area contributed by atoms with Gasteiger partial charge in [-0.05, 0) is 44.2 Å². The van der Waals surface area contributed by atoms with Crippen LogP contribution in [0.2, 0.25) is 0 Å². The lowest BCUT2D eigenvalue weighted by molar-refractivity contribution is -0.143. The molecule has 4 rings (SSSR count). The van der Waals surface area contributed by atoms with Gasteiger partial charge in [0.05, 0.1) is 23.4 Å². The summed E-state index contributed by atoms with van der Waals surface area (Å²) in [4.78, 5) is 33.8. The van der Waals surface area contributed by atoms with E-state index < -0.39 is 5.41 Å². The molecule has 0 aromatic carbocycles. The number of hydrogen-bond donors (Lipinski definition) is 0. The molecule has 1 aliphatic carbocycles. The highest BCUT2D eigenvalue weighted by molar-refractivity contribution is 6.00. The van der Waals surface area contributed by atoms with Gasteiger partial charge in [0, 0.05) is 25.8 Å². The molecular formula is C20H24N4O2. The zero-order valence-electron chi connectivity index (χ0n) is 15.0. The molecule has 1 spiro atoms. The molecule has 2 amide bonds. The second-order valence-corrected chi connectivity index (χ2v) is 7.89. The summed E-state index contributed by atoms with van der Waals surface area (Å²) in [6.07, 6.45) is 8.91. The zero-order valence-corrected chi connectivity index (χ0v) is 15.0. The van der Waals surface area contributed by atoms with Crippen LogP contribution < -0.4 is 4.90 Å². The van der Waals surface area contributed by atoms with Crippen LogP contribution in [0.5, 0.6) is 0 Å². The van der Waals surface area contributed by atoms with E-state index >= 15 is 0 Å². The number of piperidine rings is 1. The maximum absolute atomic E-state index is 13.1. The quantitative estimate of drug-likeness (QED) is 0.819. The van der Waals surface area contributed by atoms with E-state index in [0.29, 0.717) is 45.3 Å². The Morgan fingerprint density at radius 1 is 1.12 bits per heavy atom. The lowest BCUT2D eigenvalue weighted by Crippen LogP contribution is -2.50. The van der Waals surface area contributed by atoms with Gasteiger partial charge in [-0.1, -0.05) is 12.8 Å². The van der Waals surface area contributed by atoms with Gasteiger partial charge in [0.2, 0.25) is 11.8 Å². The lowest BCUT2D eigenvalue weighted by atomic mass is 9.76. The van der Waals surface area contributed by atoms with E-state index in [1.165, 1.54) is 0 Å². The average Bonchev–Trinajstić information content (AvgIpc) is 3.30. The number of nitrogens with zero attached hydrogens (tertiary/aromatic N) is 4. The SMILES string of the molecule is N#CC1(C(=O)N2CCC3(CC2)CCN(c2cccnc2)C3=O)CCCC1. The first kappa shape index (κ1) is 17.0. The molecule has 2 aliphatic heterocycles. The molecule has 3 fully saturated rings. The summed E-state index contributed by atoms with van der Waals surface area (Å²) in [5.41, 5.74) is -0.323. The molecule has 6 heteroatoms. The first-order chi connectivity index (χ1) is 12.6. The summed E-state index contributed by atoms with van der Waals surface area (Å²) in [5, 5.41) is 9.56. The fourth-order valence-electron chi connectivity index (χ4n) is 4.84. The molecular weight excluding hydrogens is 328 g/mol. The summed E-state index contributed by atoms with van der Waals surface area (Å²) in [5.74, 6) is 0.148. The molecule has 1 saturated carbocycles. The number of anilines is 1. The minimum atomic E-state index is -0.814. The number of nitriles is 1. The summed E-state index contributed by atoms with van der Waals surface area (Å²) in [7, 11) is 0. The van der Waals surface area contributed by atoms with Gasteiger partial charge >= 0.3 is 0 Å². The Kier molecular flexibility index (Phi) is 4.18. The highest BCUT2D eigenvalue weighted by atomic mass is 16.2. The fourth-order valence-corrected chi connectivity index (χ4v) is 4.84. The number of likely N-dealkylation sites (tertiary alicyclic amines) is 1. The van der Waals surface area contributed by atoms with Crippen molar-refractivity contribution < 1.29 is 9.59 Å². The number of amides is 2. The van der Waals surface area contributed by atoms with E-state index in [9.17, 15) is 14.9 Å². The van der Waals surface area contributed by atoms with Crippen molar-refractivity contribution in [2.75, 3.05) is 24.5 Å². The normalized spacial score (nSPS) is 24.0. The van der Waals surface area contributed by atoms with Crippen LogP contribution in [0.1, 0.15) is 44.9 Å². The number of aromatic nitrogens is 1. The van der Waals surface area contributed by atoms with E-state index in [0.717, 1.165) is 24.9 Å². The van der Waals surface area contributed by atoms with Gasteiger partial charge in [-0.3, -0.25) is 14.6 Å². The van der Waals surface area contributed by atoms with Crippen LogP contribution in [-0.4, -0.2) is 41.3 Å². The van der Waals surface area contributed by atoms with E-state index in [-0.39, 0.29) is 17.2 Å². The van der Waals surface area contributed by atoms with Crippen molar-refractivity contribution in [1.29, 1.82) is 5.26 Å². The van der Waals surface area contributed by atoms with Crippen molar-refractivity contribution in [3.8, 4) is 6.07 Å². The third-order valence-corrected chi connectivity index (χ3v) is 6.56. The molecule has 6 nitrogen and oxygen atoms in total. The van der Waals surface area contributed by atoms with Crippen LogP contribution in [0.4, 0.5) is 5.69 Å². The third-order valence-electron chi connectivity index (χ3n) is 6.56. The Balaban J connectivity index is 1.45. The molecule has 0 atom stereocenters. The number of rotatable bonds is 2. The van der Waals surface area contributed by atoms with E-state index in [1.807, 2.05) is 21.9 Å². The molecule has 0 bridgehead atoms. The minimum Gasteiger partial charge on any atom is -0.341 e. The predicted octanol–water partition coefficient (Wildman–Crippen LogP) is 2.51. The fraction of sp³-hybridized carbons (Fsp3) is 0.600.